The molecule has 0 saturated carbocycles. The maximum absolute atomic E-state index is 11.6. The molecule has 0 aliphatic carbocycles. The van der Waals surface area contributed by atoms with Crippen molar-refractivity contribution in [2.45, 2.75) is 19.3 Å². The molecule has 1 rings (SSSR count). The summed E-state index contributed by atoms with van der Waals surface area (Å²) in [6.45, 7) is 1.93. The van der Waals surface area contributed by atoms with Gasteiger partial charge in [-0.25, -0.2) is 4.79 Å². The van der Waals surface area contributed by atoms with Gasteiger partial charge in [0.25, 0.3) is 0 Å². The van der Waals surface area contributed by atoms with Crippen LogP contribution >= 0.6 is 0 Å². The first-order chi connectivity index (χ1) is 9.57. The smallest absolute Gasteiger partial charge is 0.341 e. The fourth-order valence-corrected chi connectivity index (χ4v) is 1.90. The maximum atomic E-state index is 11.6. The zero-order valence-electron chi connectivity index (χ0n) is 12.4. The van der Waals surface area contributed by atoms with Crippen molar-refractivity contribution >= 4 is 11.7 Å². The number of carbonyl (C=O) groups excluding carboxylic acids is 1. The minimum atomic E-state index is -0.437. The largest absolute Gasteiger partial charge is 0.496 e. The van der Waals surface area contributed by atoms with Crippen LogP contribution in [0.5, 0.6) is 5.75 Å². The van der Waals surface area contributed by atoms with E-state index in [1.165, 1.54) is 14.2 Å². The van der Waals surface area contributed by atoms with Crippen LogP contribution in [0.2, 0.25) is 0 Å². The quantitative estimate of drug-likeness (QED) is 0.609. The Labute approximate surface area is 119 Å². The molecule has 112 valence electrons. The summed E-state index contributed by atoms with van der Waals surface area (Å²) in [4.78, 5) is 11.6. The molecule has 0 saturated heterocycles. The molecule has 20 heavy (non-hydrogen) atoms. The normalized spacial score (nSPS) is 12.1. The Bertz CT molecular complexity index is 445. The molecule has 0 aromatic heterocycles. The van der Waals surface area contributed by atoms with Crippen LogP contribution < -0.4 is 10.1 Å². The number of nitrogens with one attached hydrogen (secondary N) is 1. The Morgan fingerprint density at radius 3 is 2.30 bits per heavy atom. The minimum absolute atomic E-state index is 0.0707. The molecule has 1 atom stereocenters. The van der Waals surface area contributed by atoms with Gasteiger partial charge in [-0.05, 0) is 19.1 Å². The highest BCUT2D eigenvalue weighted by molar-refractivity contribution is 5.93. The zero-order chi connectivity index (χ0) is 15.1. The van der Waals surface area contributed by atoms with Crippen molar-refractivity contribution in [1.29, 1.82) is 0 Å². The Balaban J connectivity index is 2.90. The standard InChI is InChI=1S/C14H21NO5/c1-9(14(19-4)20-5)15-10-6-7-11(13(16)18-3)12(8-10)17-2/h6-9,14-15H,1-5H3/t9-/m1/s1. The van der Waals surface area contributed by atoms with Gasteiger partial charge in [-0.15, -0.1) is 0 Å². The van der Waals surface area contributed by atoms with E-state index in [0.717, 1.165) is 5.69 Å². The molecule has 0 fully saturated rings. The molecule has 0 radical (unpaired) electrons. The van der Waals surface area contributed by atoms with Crippen LogP contribution in [-0.4, -0.2) is 46.7 Å². The first kappa shape index (κ1) is 16.3. The molecule has 0 unspecified atom stereocenters. The van der Waals surface area contributed by atoms with Crippen molar-refractivity contribution in [3.05, 3.63) is 23.8 Å². The molecular formula is C14H21NO5. The third-order valence-electron chi connectivity index (χ3n) is 2.87. The molecule has 1 aromatic rings. The van der Waals surface area contributed by atoms with Crippen molar-refractivity contribution in [2.24, 2.45) is 0 Å². The number of carbonyl (C=O) groups is 1. The molecule has 0 aliphatic rings. The van der Waals surface area contributed by atoms with E-state index in [1.54, 1.807) is 32.4 Å². The first-order valence-electron chi connectivity index (χ1n) is 6.15. The fraction of sp³-hybridized carbons (Fsp3) is 0.500. The van der Waals surface area contributed by atoms with Crippen molar-refractivity contribution in [3.63, 3.8) is 0 Å². The number of hydrogen-bond donors (Lipinski definition) is 1. The highest BCUT2D eigenvalue weighted by Crippen LogP contribution is 2.24. The number of anilines is 1. The molecule has 0 amide bonds. The van der Waals surface area contributed by atoms with Gasteiger partial charge in [0, 0.05) is 26.0 Å². The Hall–Kier alpha value is -1.79. The van der Waals surface area contributed by atoms with Crippen LogP contribution in [0.3, 0.4) is 0 Å². The van der Waals surface area contributed by atoms with Gasteiger partial charge in [-0.3, -0.25) is 0 Å². The Morgan fingerprint density at radius 2 is 1.80 bits per heavy atom. The molecule has 0 spiro atoms. The van der Waals surface area contributed by atoms with Gasteiger partial charge in [0.05, 0.1) is 20.3 Å². The van der Waals surface area contributed by atoms with Gasteiger partial charge in [-0.2, -0.15) is 0 Å². The van der Waals surface area contributed by atoms with Gasteiger partial charge in [0.2, 0.25) is 0 Å². The van der Waals surface area contributed by atoms with E-state index in [2.05, 4.69) is 5.32 Å². The molecule has 0 aliphatic heterocycles. The van der Waals surface area contributed by atoms with E-state index in [1.807, 2.05) is 6.92 Å². The van der Waals surface area contributed by atoms with Gasteiger partial charge in [0.1, 0.15) is 11.3 Å². The Kier molecular flexibility index (Phi) is 6.27. The lowest BCUT2D eigenvalue weighted by atomic mass is 10.1. The molecule has 6 heteroatoms. The molecule has 6 nitrogen and oxygen atoms in total. The van der Waals surface area contributed by atoms with Crippen molar-refractivity contribution in [3.8, 4) is 5.75 Å². The van der Waals surface area contributed by atoms with E-state index in [9.17, 15) is 4.79 Å². The van der Waals surface area contributed by atoms with Crippen molar-refractivity contribution in [2.75, 3.05) is 33.8 Å². The van der Waals surface area contributed by atoms with Gasteiger partial charge in [0.15, 0.2) is 6.29 Å². The average molecular weight is 283 g/mol. The summed E-state index contributed by atoms with van der Waals surface area (Å²) in [5, 5.41) is 3.22. The molecule has 1 N–H and O–H groups in total. The lowest BCUT2D eigenvalue weighted by Crippen LogP contribution is -2.33. The van der Waals surface area contributed by atoms with E-state index < -0.39 is 5.97 Å². The van der Waals surface area contributed by atoms with Gasteiger partial charge < -0.3 is 24.3 Å². The van der Waals surface area contributed by atoms with Crippen LogP contribution in [-0.2, 0) is 14.2 Å². The third-order valence-corrected chi connectivity index (χ3v) is 2.87. The second kappa shape index (κ2) is 7.72. The zero-order valence-corrected chi connectivity index (χ0v) is 12.4. The van der Waals surface area contributed by atoms with E-state index in [-0.39, 0.29) is 12.3 Å². The lowest BCUT2D eigenvalue weighted by molar-refractivity contribution is -0.109. The van der Waals surface area contributed by atoms with Gasteiger partial charge in [-0.1, -0.05) is 0 Å². The Morgan fingerprint density at radius 1 is 1.15 bits per heavy atom. The summed E-state index contributed by atoms with van der Waals surface area (Å²) >= 11 is 0. The van der Waals surface area contributed by atoms with E-state index in [0.29, 0.717) is 11.3 Å². The van der Waals surface area contributed by atoms with Crippen LogP contribution in [0.4, 0.5) is 5.69 Å². The number of hydrogen-bond acceptors (Lipinski definition) is 6. The highest BCUT2D eigenvalue weighted by atomic mass is 16.7. The van der Waals surface area contributed by atoms with Crippen molar-refractivity contribution < 1.29 is 23.7 Å². The fourth-order valence-electron chi connectivity index (χ4n) is 1.90. The summed E-state index contributed by atoms with van der Waals surface area (Å²) in [7, 11) is 5.99. The summed E-state index contributed by atoms with van der Waals surface area (Å²) in [5.74, 6) is 0.00791. The third kappa shape index (κ3) is 3.85. The molecule has 1 aromatic carbocycles. The van der Waals surface area contributed by atoms with Crippen LogP contribution in [0.25, 0.3) is 0 Å². The predicted octanol–water partition coefficient (Wildman–Crippen LogP) is 1.90. The van der Waals surface area contributed by atoms with E-state index >= 15 is 0 Å². The summed E-state index contributed by atoms with van der Waals surface area (Å²) in [5.41, 5.74) is 1.17. The molecule has 0 bridgehead atoms. The second-order valence-corrected chi connectivity index (χ2v) is 4.18. The lowest BCUT2D eigenvalue weighted by Gasteiger charge is -2.23. The highest BCUT2D eigenvalue weighted by Gasteiger charge is 2.17. The monoisotopic (exact) mass is 283 g/mol. The van der Waals surface area contributed by atoms with Crippen molar-refractivity contribution in [1.82, 2.24) is 0 Å². The average Bonchev–Trinajstić information content (AvgIpc) is 2.47. The summed E-state index contributed by atoms with van der Waals surface area (Å²) in [6, 6.07) is 5.08. The summed E-state index contributed by atoms with van der Waals surface area (Å²) < 4.78 is 20.3. The molecule has 0 heterocycles. The van der Waals surface area contributed by atoms with Crippen LogP contribution in [0.1, 0.15) is 17.3 Å². The number of esters is 1. The minimum Gasteiger partial charge on any atom is -0.496 e. The predicted molar refractivity (Wildman–Crippen MR) is 75.2 cm³/mol. The number of rotatable bonds is 7. The maximum Gasteiger partial charge on any atom is 0.341 e. The van der Waals surface area contributed by atoms with Crippen LogP contribution in [0.15, 0.2) is 18.2 Å². The SMILES string of the molecule is COC(=O)c1ccc(N[C@H](C)C(OC)OC)cc1OC. The molecular weight excluding hydrogens is 262 g/mol. The second-order valence-electron chi connectivity index (χ2n) is 4.18. The summed E-state index contributed by atoms with van der Waals surface area (Å²) in [6.07, 6.45) is -0.374. The number of benzene rings is 1. The number of methoxy groups -OCH3 is 4. The van der Waals surface area contributed by atoms with Crippen LogP contribution in [0, 0.1) is 0 Å². The first-order valence-corrected chi connectivity index (χ1v) is 6.15. The van der Waals surface area contributed by atoms with E-state index in [4.69, 9.17) is 18.9 Å². The number of ether oxygens (including phenoxy) is 4. The van der Waals surface area contributed by atoms with Gasteiger partial charge >= 0.3 is 5.97 Å². The topological polar surface area (TPSA) is 66.0 Å².